The predicted molar refractivity (Wildman–Crippen MR) is 72.7 cm³/mol. The minimum Gasteiger partial charge on any atom is -0.389 e. The van der Waals surface area contributed by atoms with Crippen molar-refractivity contribution in [2.75, 3.05) is 31.1 Å². The van der Waals surface area contributed by atoms with Gasteiger partial charge in [0.05, 0.1) is 18.6 Å². The van der Waals surface area contributed by atoms with Crippen LogP contribution in [0.15, 0.2) is 24.3 Å². The number of hydrogen-bond acceptors (Lipinski definition) is 5. The summed E-state index contributed by atoms with van der Waals surface area (Å²) in [5.74, 6) is 0. The fourth-order valence-electron chi connectivity index (χ4n) is 2.26. The summed E-state index contributed by atoms with van der Waals surface area (Å²) >= 11 is 0. The molecule has 1 fully saturated rings. The highest BCUT2D eigenvalue weighted by atomic mass is 16.3. The summed E-state index contributed by atoms with van der Waals surface area (Å²) in [7, 11) is 0. The van der Waals surface area contributed by atoms with Gasteiger partial charge in [-0.05, 0) is 17.7 Å². The smallest absolute Gasteiger partial charge is 0.106 e. The second kappa shape index (κ2) is 6.53. The third kappa shape index (κ3) is 3.44. The Bertz CT molecular complexity index is 452. The van der Waals surface area contributed by atoms with Gasteiger partial charge in [0.15, 0.2) is 0 Å². The van der Waals surface area contributed by atoms with Crippen molar-refractivity contribution in [3.05, 3.63) is 29.8 Å². The maximum atomic E-state index is 10.0. The number of hydrogen-bond donors (Lipinski definition) is 3. The third-order valence-corrected chi connectivity index (χ3v) is 3.36. The van der Waals surface area contributed by atoms with Gasteiger partial charge in [0.25, 0.3) is 0 Å². The van der Waals surface area contributed by atoms with Crippen LogP contribution in [0.25, 0.3) is 0 Å². The van der Waals surface area contributed by atoms with Crippen LogP contribution in [0.3, 0.4) is 0 Å². The van der Waals surface area contributed by atoms with Crippen molar-refractivity contribution in [3.8, 4) is 6.07 Å². The standard InChI is InChI=1S/C14H19N3O2/c15-5-4-13(18)14(19)11-2-1-3-12(10-11)17-8-6-16-7-9-17/h1-3,10,13-14,16,18-19H,4,6-9H2. The van der Waals surface area contributed by atoms with Crippen LogP contribution >= 0.6 is 0 Å². The largest absolute Gasteiger partial charge is 0.389 e. The van der Waals surface area contributed by atoms with Gasteiger partial charge in [-0.3, -0.25) is 0 Å². The maximum absolute atomic E-state index is 10.0. The van der Waals surface area contributed by atoms with Crippen LogP contribution in [0.4, 0.5) is 5.69 Å². The second-order valence-electron chi connectivity index (χ2n) is 4.71. The van der Waals surface area contributed by atoms with E-state index in [1.165, 1.54) is 0 Å². The number of nitriles is 1. The highest BCUT2D eigenvalue weighted by molar-refractivity contribution is 5.49. The average Bonchev–Trinajstić information content (AvgIpc) is 2.48. The van der Waals surface area contributed by atoms with Crippen molar-refractivity contribution in [2.24, 2.45) is 0 Å². The van der Waals surface area contributed by atoms with E-state index in [0.717, 1.165) is 31.9 Å². The molecule has 0 bridgehead atoms. The molecule has 0 saturated carbocycles. The fourth-order valence-corrected chi connectivity index (χ4v) is 2.26. The first-order valence-corrected chi connectivity index (χ1v) is 6.51. The Hall–Kier alpha value is -1.61. The van der Waals surface area contributed by atoms with E-state index in [1.54, 1.807) is 6.07 Å². The summed E-state index contributed by atoms with van der Waals surface area (Å²) in [6.07, 6.45) is -2.12. The molecule has 0 aromatic heterocycles. The molecule has 2 unspecified atom stereocenters. The lowest BCUT2D eigenvalue weighted by Gasteiger charge is -2.30. The van der Waals surface area contributed by atoms with E-state index in [9.17, 15) is 10.2 Å². The molecule has 1 saturated heterocycles. The molecular weight excluding hydrogens is 242 g/mol. The van der Waals surface area contributed by atoms with Crippen LogP contribution in [-0.2, 0) is 0 Å². The number of nitrogens with zero attached hydrogens (tertiary/aromatic N) is 2. The van der Waals surface area contributed by atoms with Gasteiger partial charge in [-0.25, -0.2) is 0 Å². The van der Waals surface area contributed by atoms with E-state index in [2.05, 4.69) is 10.2 Å². The molecule has 19 heavy (non-hydrogen) atoms. The summed E-state index contributed by atoms with van der Waals surface area (Å²) in [5.41, 5.74) is 1.70. The van der Waals surface area contributed by atoms with Crippen molar-refractivity contribution < 1.29 is 10.2 Å². The number of aliphatic hydroxyl groups is 2. The number of piperazine rings is 1. The van der Waals surface area contributed by atoms with Gasteiger partial charge in [-0.2, -0.15) is 5.26 Å². The Kier molecular flexibility index (Phi) is 4.74. The zero-order chi connectivity index (χ0) is 13.7. The van der Waals surface area contributed by atoms with Crippen LogP contribution in [0, 0.1) is 11.3 Å². The zero-order valence-electron chi connectivity index (χ0n) is 10.8. The monoisotopic (exact) mass is 261 g/mol. The van der Waals surface area contributed by atoms with E-state index < -0.39 is 12.2 Å². The molecule has 0 radical (unpaired) electrons. The lowest BCUT2D eigenvalue weighted by atomic mass is 10.0. The first-order valence-electron chi connectivity index (χ1n) is 6.51. The Morgan fingerprint density at radius 1 is 1.32 bits per heavy atom. The van der Waals surface area contributed by atoms with Crippen LogP contribution in [0.2, 0.25) is 0 Å². The topological polar surface area (TPSA) is 79.5 Å². The molecule has 1 heterocycles. The molecule has 1 aliphatic rings. The highest BCUT2D eigenvalue weighted by Crippen LogP contribution is 2.24. The molecule has 1 aliphatic heterocycles. The minimum atomic E-state index is -1.04. The van der Waals surface area contributed by atoms with Crippen LogP contribution < -0.4 is 10.2 Å². The minimum absolute atomic E-state index is 0.0704. The van der Waals surface area contributed by atoms with Gasteiger partial charge in [0, 0.05) is 31.9 Å². The van der Waals surface area contributed by atoms with E-state index in [0.29, 0.717) is 5.56 Å². The SMILES string of the molecule is N#CCC(O)C(O)c1cccc(N2CCNCC2)c1. The lowest BCUT2D eigenvalue weighted by Crippen LogP contribution is -2.43. The summed E-state index contributed by atoms with van der Waals surface area (Å²) in [4.78, 5) is 2.24. The summed E-state index contributed by atoms with van der Waals surface area (Å²) in [6.45, 7) is 3.76. The van der Waals surface area contributed by atoms with Gasteiger partial charge in [-0.15, -0.1) is 0 Å². The van der Waals surface area contributed by atoms with Crippen LogP contribution in [0.1, 0.15) is 18.1 Å². The molecule has 0 amide bonds. The Labute approximate surface area is 113 Å². The number of rotatable bonds is 4. The highest BCUT2D eigenvalue weighted by Gasteiger charge is 2.19. The van der Waals surface area contributed by atoms with Crippen LogP contribution in [-0.4, -0.2) is 42.5 Å². The van der Waals surface area contributed by atoms with Crippen LogP contribution in [0.5, 0.6) is 0 Å². The molecule has 3 N–H and O–H groups in total. The van der Waals surface area contributed by atoms with E-state index in [1.807, 2.05) is 24.3 Å². The molecule has 0 aliphatic carbocycles. The third-order valence-electron chi connectivity index (χ3n) is 3.36. The lowest BCUT2D eigenvalue weighted by molar-refractivity contribution is 0.0216. The first kappa shape index (κ1) is 13.8. The van der Waals surface area contributed by atoms with E-state index >= 15 is 0 Å². The predicted octanol–water partition coefficient (Wildman–Crippen LogP) is 0.404. The Morgan fingerprint density at radius 3 is 2.74 bits per heavy atom. The first-order chi connectivity index (χ1) is 9.22. The molecule has 2 atom stereocenters. The van der Waals surface area contributed by atoms with Crippen molar-refractivity contribution in [3.63, 3.8) is 0 Å². The van der Waals surface area contributed by atoms with Crippen molar-refractivity contribution >= 4 is 5.69 Å². The quantitative estimate of drug-likeness (QED) is 0.731. The molecule has 5 heteroatoms. The van der Waals surface area contributed by atoms with E-state index in [-0.39, 0.29) is 6.42 Å². The summed E-state index contributed by atoms with van der Waals surface area (Å²) in [5, 5.41) is 31.5. The number of anilines is 1. The maximum Gasteiger partial charge on any atom is 0.106 e. The number of nitrogens with one attached hydrogen (secondary N) is 1. The molecule has 1 aromatic carbocycles. The fraction of sp³-hybridized carbons (Fsp3) is 0.500. The van der Waals surface area contributed by atoms with Gasteiger partial charge in [-0.1, -0.05) is 12.1 Å². The van der Waals surface area contributed by atoms with Crippen molar-refractivity contribution in [2.45, 2.75) is 18.6 Å². The second-order valence-corrected chi connectivity index (χ2v) is 4.71. The average molecular weight is 261 g/mol. The molecule has 2 rings (SSSR count). The van der Waals surface area contributed by atoms with Gasteiger partial charge in [0.2, 0.25) is 0 Å². The molecule has 5 nitrogen and oxygen atoms in total. The Morgan fingerprint density at radius 2 is 2.05 bits per heavy atom. The molecule has 102 valence electrons. The zero-order valence-corrected chi connectivity index (χ0v) is 10.8. The molecule has 1 aromatic rings. The molecule has 0 spiro atoms. The summed E-state index contributed by atoms with van der Waals surface area (Å²) < 4.78 is 0. The Balaban J connectivity index is 2.12. The molecular formula is C14H19N3O2. The van der Waals surface area contributed by atoms with Crippen molar-refractivity contribution in [1.29, 1.82) is 5.26 Å². The van der Waals surface area contributed by atoms with Gasteiger partial charge < -0.3 is 20.4 Å². The normalized spacial score (nSPS) is 18.7. The van der Waals surface area contributed by atoms with E-state index in [4.69, 9.17) is 5.26 Å². The number of benzene rings is 1. The summed E-state index contributed by atoms with van der Waals surface area (Å²) in [6, 6.07) is 9.40. The van der Waals surface area contributed by atoms with Crippen molar-refractivity contribution in [1.82, 2.24) is 5.32 Å². The van der Waals surface area contributed by atoms with Gasteiger partial charge >= 0.3 is 0 Å². The number of aliphatic hydroxyl groups excluding tert-OH is 2. The van der Waals surface area contributed by atoms with Gasteiger partial charge in [0.1, 0.15) is 6.10 Å².